The van der Waals surface area contributed by atoms with E-state index in [1.165, 1.54) is 0 Å². The molecule has 2 heterocycles. The lowest BCUT2D eigenvalue weighted by Gasteiger charge is -2.03. The van der Waals surface area contributed by atoms with Crippen LogP contribution in [0.1, 0.15) is 35.5 Å². The molecule has 3 rings (SSSR count). The first-order valence-electron chi connectivity index (χ1n) is 7.28. The summed E-state index contributed by atoms with van der Waals surface area (Å²) in [7, 11) is 0. The SMILES string of the molecule is CCCc1noc(COC(=O)c2cc3ccccc3c(=O)[nH]2)n1. The molecule has 118 valence electrons. The van der Waals surface area contributed by atoms with Gasteiger partial charge in [-0.1, -0.05) is 30.3 Å². The number of carbonyl (C=O) groups excluding carboxylic acids is 1. The van der Waals surface area contributed by atoms with Gasteiger partial charge in [-0.15, -0.1) is 0 Å². The molecule has 3 aromatic rings. The fourth-order valence-corrected chi connectivity index (χ4v) is 2.20. The third kappa shape index (κ3) is 3.28. The standard InChI is InChI=1S/C16H15N3O4/c1-2-5-13-18-14(23-19-13)9-22-16(21)12-8-10-6-3-4-7-11(10)15(20)17-12/h3-4,6-8H,2,5,9H2,1H3,(H,17,20). The molecule has 7 heteroatoms. The Balaban J connectivity index is 1.74. The van der Waals surface area contributed by atoms with E-state index in [0.717, 1.165) is 6.42 Å². The van der Waals surface area contributed by atoms with Gasteiger partial charge in [-0.3, -0.25) is 4.79 Å². The summed E-state index contributed by atoms with van der Waals surface area (Å²) in [6.07, 6.45) is 1.60. The van der Waals surface area contributed by atoms with Crippen molar-refractivity contribution >= 4 is 16.7 Å². The van der Waals surface area contributed by atoms with Crippen LogP contribution in [0, 0.1) is 0 Å². The van der Waals surface area contributed by atoms with Crippen molar-refractivity contribution in [1.29, 1.82) is 0 Å². The highest BCUT2D eigenvalue weighted by Gasteiger charge is 2.13. The molecule has 1 N–H and O–H groups in total. The van der Waals surface area contributed by atoms with Crippen LogP contribution in [0.4, 0.5) is 0 Å². The number of aromatic amines is 1. The first kappa shape index (κ1) is 15.0. The van der Waals surface area contributed by atoms with Gasteiger partial charge >= 0.3 is 5.97 Å². The van der Waals surface area contributed by atoms with Crippen LogP contribution in [0.3, 0.4) is 0 Å². The molecule has 23 heavy (non-hydrogen) atoms. The second-order valence-electron chi connectivity index (χ2n) is 5.03. The molecule has 0 saturated heterocycles. The van der Waals surface area contributed by atoms with Gasteiger partial charge in [0.15, 0.2) is 12.4 Å². The zero-order valence-corrected chi connectivity index (χ0v) is 12.5. The molecule has 0 unspecified atom stereocenters. The lowest BCUT2D eigenvalue weighted by molar-refractivity contribution is 0.0423. The van der Waals surface area contributed by atoms with Crippen molar-refractivity contribution in [3.8, 4) is 0 Å². The summed E-state index contributed by atoms with van der Waals surface area (Å²) in [5, 5.41) is 4.97. The predicted octanol–water partition coefficient (Wildman–Crippen LogP) is 2.22. The molecule has 0 aliphatic heterocycles. The van der Waals surface area contributed by atoms with Crippen LogP contribution in [0.15, 0.2) is 39.6 Å². The number of rotatable bonds is 5. The summed E-state index contributed by atoms with van der Waals surface area (Å²) < 4.78 is 10.1. The average Bonchev–Trinajstić information content (AvgIpc) is 3.00. The number of nitrogens with one attached hydrogen (secondary N) is 1. The highest BCUT2D eigenvalue weighted by molar-refractivity contribution is 5.92. The molecule has 0 aliphatic carbocycles. The zero-order chi connectivity index (χ0) is 16.2. The lowest BCUT2D eigenvalue weighted by Crippen LogP contribution is -2.15. The minimum Gasteiger partial charge on any atom is -0.451 e. The number of pyridine rings is 1. The maximum atomic E-state index is 12.1. The van der Waals surface area contributed by atoms with E-state index in [0.29, 0.717) is 23.0 Å². The number of carbonyl (C=O) groups is 1. The Kier molecular flexibility index (Phi) is 4.18. The van der Waals surface area contributed by atoms with Crippen molar-refractivity contribution in [3.63, 3.8) is 0 Å². The van der Waals surface area contributed by atoms with Crippen molar-refractivity contribution in [2.75, 3.05) is 0 Å². The predicted molar refractivity (Wildman–Crippen MR) is 82.0 cm³/mol. The number of H-pyrrole nitrogens is 1. The molecule has 0 bridgehead atoms. The Bertz CT molecular complexity index is 897. The third-order valence-corrected chi connectivity index (χ3v) is 3.28. The van der Waals surface area contributed by atoms with Gasteiger partial charge in [-0.25, -0.2) is 4.79 Å². The number of hydrogen-bond donors (Lipinski definition) is 1. The minimum atomic E-state index is -0.650. The van der Waals surface area contributed by atoms with E-state index in [1.54, 1.807) is 30.3 Å². The second-order valence-corrected chi connectivity index (χ2v) is 5.03. The molecule has 0 spiro atoms. The van der Waals surface area contributed by atoms with Gasteiger partial charge in [-0.05, 0) is 23.9 Å². The van der Waals surface area contributed by atoms with Gasteiger partial charge in [0.25, 0.3) is 11.4 Å². The molecule has 0 saturated carbocycles. The molecule has 0 fully saturated rings. The normalized spacial score (nSPS) is 10.8. The van der Waals surface area contributed by atoms with E-state index in [9.17, 15) is 9.59 Å². The van der Waals surface area contributed by atoms with E-state index in [1.807, 2.05) is 6.92 Å². The van der Waals surface area contributed by atoms with E-state index < -0.39 is 5.97 Å². The van der Waals surface area contributed by atoms with Crippen molar-refractivity contribution in [3.05, 3.63) is 58.1 Å². The van der Waals surface area contributed by atoms with Crippen molar-refractivity contribution in [2.45, 2.75) is 26.4 Å². The maximum Gasteiger partial charge on any atom is 0.355 e. The van der Waals surface area contributed by atoms with Crippen LogP contribution in [0.25, 0.3) is 10.8 Å². The molecule has 1 aromatic carbocycles. The van der Waals surface area contributed by atoms with Crippen molar-refractivity contribution in [1.82, 2.24) is 15.1 Å². The number of aryl methyl sites for hydroxylation is 1. The van der Waals surface area contributed by atoms with Gasteiger partial charge in [0.1, 0.15) is 5.69 Å². The van der Waals surface area contributed by atoms with E-state index >= 15 is 0 Å². The van der Waals surface area contributed by atoms with Gasteiger partial charge in [0.05, 0.1) is 0 Å². The molecule has 2 aromatic heterocycles. The number of nitrogens with zero attached hydrogens (tertiary/aromatic N) is 2. The Morgan fingerprint density at radius 1 is 1.35 bits per heavy atom. The molecule has 0 radical (unpaired) electrons. The summed E-state index contributed by atoms with van der Waals surface area (Å²) in [6.45, 7) is 1.87. The van der Waals surface area contributed by atoms with Crippen LogP contribution >= 0.6 is 0 Å². The molecular weight excluding hydrogens is 298 g/mol. The zero-order valence-electron chi connectivity index (χ0n) is 12.5. The summed E-state index contributed by atoms with van der Waals surface area (Å²) in [5.74, 6) is 0.158. The number of aromatic nitrogens is 3. The molecule has 0 atom stereocenters. The Labute approximate surface area is 131 Å². The first-order chi connectivity index (χ1) is 11.2. The van der Waals surface area contributed by atoms with E-state index in [-0.39, 0.29) is 23.8 Å². The van der Waals surface area contributed by atoms with Crippen LogP contribution in [0.5, 0.6) is 0 Å². The topological polar surface area (TPSA) is 98.1 Å². The van der Waals surface area contributed by atoms with Crippen molar-refractivity contribution in [2.24, 2.45) is 0 Å². The summed E-state index contributed by atoms with van der Waals surface area (Å²) in [5.41, 5.74) is -0.250. The Morgan fingerprint density at radius 3 is 3.00 bits per heavy atom. The Hall–Kier alpha value is -2.96. The molecular formula is C16H15N3O4. The average molecular weight is 313 g/mol. The van der Waals surface area contributed by atoms with E-state index in [2.05, 4.69) is 15.1 Å². The second kappa shape index (κ2) is 6.43. The van der Waals surface area contributed by atoms with Gasteiger partial charge in [0.2, 0.25) is 0 Å². The van der Waals surface area contributed by atoms with Crippen molar-refractivity contribution < 1.29 is 14.1 Å². The van der Waals surface area contributed by atoms with E-state index in [4.69, 9.17) is 9.26 Å². The van der Waals surface area contributed by atoms with Crippen LogP contribution < -0.4 is 5.56 Å². The van der Waals surface area contributed by atoms with Gasteiger partial charge in [0, 0.05) is 11.8 Å². The number of ether oxygens (including phenoxy) is 1. The maximum absolute atomic E-state index is 12.1. The molecule has 7 nitrogen and oxygen atoms in total. The summed E-state index contributed by atoms with van der Waals surface area (Å²) in [6, 6.07) is 8.59. The van der Waals surface area contributed by atoms with Crippen LogP contribution in [-0.4, -0.2) is 21.1 Å². The van der Waals surface area contributed by atoms with Crippen LogP contribution in [-0.2, 0) is 17.8 Å². The number of hydrogen-bond acceptors (Lipinski definition) is 6. The smallest absolute Gasteiger partial charge is 0.355 e. The summed E-state index contributed by atoms with van der Waals surface area (Å²) >= 11 is 0. The number of esters is 1. The highest BCUT2D eigenvalue weighted by atomic mass is 16.6. The largest absolute Gasteiger partial charge is 0.451 e. The Morgan fingerprint density at radius 2 is 2.17 bits per heavy atom. The fraction of sp³-hybridized carbons (Fsp3) is 0.250. The first-order valence-corrected chi connectivity index (χ1v) is 7.28. The lowest BCUT2D eigenvalue weighted by atomic mass is 10.1. The highest BCUT2D eigenvalue weighted by Crippen LogP contribution is 2.11. The van der Waals surface area contributed by atoms with Gasteiger partial charge in [-0.2, -0.15) is 4.98 Å². The number of fused-ring (bicyclic) bond motifs is 1. The van der Waals surface area contributed by atoms with Crippen LogP contribution in [0.2, 0.25) is 0 Å². The van der Waals surface area contributed by atoms with Gasteiger partial charge < -0.3 is 14.2 Å². The quantitative estimate of drug-likeness (QED) is 0.725. The summed E-state index contributed by atoms with van der Waals surface area (Å²) in [4.78, 5) is 30.6. The fourth-order valence-electron chi connectivity index (χ4n) is 2.20. The number of benzene rings is 1. The minimum absolute atomic E-state index is 0.0852. The molecule has 0 amide bonds. The molecule has 0 aliphatic rings. The monoisotopic (exact) mass is 313 g/mol. The third-order valence-electron chi connectivity index (χ3n) is 3.28.